The van der Waals surface area contributed by atoms with Gasteiger partial charge >= 0.3 is 0 Å². The number of rotatable bonds is 10. The molecular formula is C15H34IN5O3S. The van der Waals surface area contributed by atoms with Crippen molar-refractivity contribution in [3.63, 3.8) is 0 Å². The van der Waals surface area contributed by atoms with Crippen LogP contribution in [0.5, 0.6) is 0 Å². The second kappa shape index (κ2) is 14.0. The fraction of sp³-hybridized carbons (Fsp3) is 0.933. The lowest BCUT2D eigenvalue weighted by molar-refractivity contribution is 0.180. The van der Waals surface area contributed by atoms with Crippen LogP contribution in [0, 0.1) is 0 Å². The van der Waals surface area contributed by atoms with Crippen LogP contribution in [0.4, 0.5) is 0 Å². The van der Waals surface area contributed by atoms with E-state index in [2.05, 4.69) is 32.5 Å². The van der Waals surface area contributed by atoms with Gasteiger partial charge < -0.3 is 20.3 Å². The van der Waals surface area contributed by atoms with Gasteiger partial charge in [-0.3, -0.25) is 9.89 Å². The van der Waals surface area contributed by atoms with Crippen LogP contribution in [0.3, 0.4) is 0 Å². The molecule has 0 spiro atoms. The molecule has 0 aromatic carbocycles. The van der Waals surface area contributed by atoms with Crippen LogP contribution < -0.4 is 10.6 Å². The van der Waals surface area contributed by atoms with Crippen LogP contribution in [0.15, 0.2) is 4.99 Å². The normalized spacial score (nSPS) is 18.0. The predicted molar refractivity (Wildman–Crippen MR) is 114 cm³/mol. The second-order valence-electron chi connectivity index (χ2n) is 6.07. The Balaban J connectivity index is 0.00000576. The summed E-state index contributed by atoms with van der Waals surface area (Å²) in [6.45, 7) is 6.40. The van der Waals surface area contributed by atoms with Crippen molar-refractivity contribution in [2.45, 2.75) is 6.42 Å². The molecule has 0 aromatic heterocycles. The molecule has 8 nitrogen and oxygen atoms in total. The van der Waals surface area contributed by atoms with Gasteiger partial charge in [0.05, 0.1) is 11.5 Å². The summed E-state index contributed by atoms with van der Waals surface area (Å²) in [4.78, 5) is 8.64. The predicted octanol–water partition coefficient (Wildman–Crippen LogP) is -0.532. The first-order valence-electron chi connectivity index (χ1n) is 8.51. The largest absolute Gasteiger partial charge is 0.385 e. The van der Waals surface area contributed by atoms with Crippen molar-refractivity contribution in [2.75, 3.05) is 85.1 Å². The first-order valence-corrected chi connectivity index (χ1v) is 10.3. The van der Waals surface area contributed by atoms with E-state index in [0.717, 1.165) is 51.7 Å². The van der Waals surface area contributed by atoms with Crippen molar-refractivity contribution < 1.29 is 13.2 Å². The summed E-state index contributed by atoms with van der Waals surface area (Å²) in [6.07, 6.45) is 1.03. The Hall–Kier alpha value is -0.170. The molecule has 0 bridgehead atoms. The van der Waals surface area contributed by atoms with E-state index in [1.165, 1.54) is 0 Å². The van der Waals surface area contributed by atoms with E-state index in [4.69, 9.17) is 4.74 Å². The molecule has 1 fully saturated rings. The van der Waals surface area contributed by atoms with Gasteiger partial charge in [-0.1, -0.05) is 0 Å². The molecule has 10 heteroatoms. The third-order valence-corrected chi connectivity index (χ3v) is 5.66. The highest BCUT2D eigenvalue weighted by Crippen LogP contribution is 2.02. The maximum atomic E-state index is 11.4. The summed E-state index contributed by atoms with van der Waals surface area (Å²) in [5.74, 6) is 1.33. The zero-order chi connectivity index (χ0) is 17.8. The maximum absolute atomic E-state index is 11.4. The van der Waals surface area contributed by atoms with Crippen LogP contribution >= 0.6 is 24.0 Å². The van der Waals surface area contributed by atoms with Crippen molar-refractivity contribution in [2.24, 2.45) is 4.99 Å². The molecule has 0 aliphatic carbocycles. The highest BCUT2D eigenvalue weighted by atomic mass is 127. The van der Waals surface area contributed by atoms with E-state index in [-0.39, 0.29) is 35.5 Å². The molecule has 0 aromatic rings. The summed E-state index contributed by atoms with van der Waals surface area (Å²) in [6, 6.07) is 0. The molecule has 0 atom stereocenters. The molecule has 1 aliphatic heterocycles. The number of nitrogens with zero attached hydrogens (tertiary/aromatic N) is 3. The van der Waals surface area contributed by atoms with E-state index >= 15 is 0 Å². The minimum absolute atomic E-state index is 0. The van der Waals surface area contributed by atoms with Gasteiger partial charge in [-0.15, -0.1) is 24.0 Å². The summed E-state index contributed by atoms with van der Waals surface area (Å²) in [5.41, 5.74) is 0. The van der Waals surface area contributed by atoms with Gasteiger partial charge in [0.1, 0.15) is 0 Å². The summed E-state index contributed by atoms with van der Waals surface area (Å²) < 4.78 is 27.8. The lowest BCUT2D eigenvalue weighted by Gasteiger charge is -2.26. The lowest BCUT2D eigenvalue weighted by Crippen LogP contribution is -2.46. The molecule has 2 N–H and O–H groups in total. The first-order chi connectivity index (χ1) is 11.5. The maximum Gasteiger partial charge on any atom is 0.191 e. The van der Waals surface area contributed by atoms with Crippen LogP contribution in [0.2, 0.25) is 0 Å². The van der Waals surface area contributed by atoms with Crippen molar-refractivity contribution in [3.05, 3.63) is 0 Å². The molecule has 150 valence electrons. The Labute approximate surface area is 169 Å². The second-order valence-corrected chi connectivity index (χ2v) is 8.37. The highest BCUT2D eigenvalue weighted by molar-refractivity contribution is 14.0. The average Bonchev–Trinajstić information content (AvgIpc) is 2.55. The molecule has 0 amide bonds. The number of sulfone groups is 1. The standard InChI is InChI=1S/C15H33N5O3S.HI/c1-16-15(17-5-8-19(2)7-4-12-23-3)18-6-9-20-10-13-24(21,22)14-11-20;/h4-14H2,1-3H3,(H2,16,17,18);1H. The van der Waals surface area contributed by atoms with Crippen molar-refractivity contribution in [3.8, 4) is 0 Å². The zero-order valence-electron chi connectivity index (χ0n) is 15.7. The fourth-order valence-corrected chi connectivity index (χ4v) is 3.76. The Morgan fingerprint density at radius 2 is 1.84 bits per heavy atom. The van der Waals surface area contributed by atoms with E-state index in [1.807, 2.05) is 0 Å². The van der Waals surface area contributed by atoms with Crippen LogP contribution in [-0.4, -0.2) is 109 Å². The number of methoxy groups -OCH3 is 1. The van der Waals surface area contributed by atoms with Gasteiger partial charge in [0, 0.05) is 66.6 Å². The SMILES string of the molecule is CN=C(NCCN(C)CCCOC)NCCN1CCS(=O)(=O)CC1.I. The third-order valence-electron chi connectivity index (χ3n) is 4.06. The summed E-state index contributed by atoms with van der Waals surface area (Å²) in [5, 5.41) is 6.57. The molecule has 25 heavy (non-hydrogen) atoms. The molecule has 1 saturated heterocycles. The number of hydrogen-bond acceptors (Lipinski definition) is 6. The highest BCUT2D eigenvalue weighted by Gasteiger charge is 2.20. The Morgan fingerprint density at radius 1 is 1.20 bits per heavy atom. The first kappa shape index (κ1) is 24.8. The van der Waals surface area contributed by atoms with Gasteiger partial charge in [0.25, 0.3) is 0 Å². The molecular weight excluding hydrogens is 457 g/mol. The minimum atomic E-state index is -2.80. The fourth-order valence-electron chi connectivity index (χ4n) is 2.48. The van der Waals surface area contributed by atoms with E-state index in [0.29, 0.717) is 13.1 Å². The van der Waals surface area contributed by atoms with Gasteiger partial charge in [0.2, 0.25) is 0 Å². The number of likely N-dealkylation sites (N-methyl/N-ethyl adjacent to an activating group) is 1. The van der Waals surface area contributed by atoms with E-state index in [9.17, 15) is 8.42 Å². The van der Waals surface area contributed by atoms with Crippen LogP contribution in [-0.2, 0) is 14.6 Å². The zero-order valence-corrected chi connectivity index (χ0v) is 18.8. The average molecular weight is 491 g/mol. The Bertz CT molecular complexity index is 462. The van der Waals surface area contributed by atoms with Gasteiger partial charge in [-0.05, 0) is 13.5 Å². The van der Waals surface area contributed by atoms with Gasteiger partial charge in [-0.2, -0.15) is 0 Å². The summed E-state index contributed by atoms with van der Waals surface area (Å²) >= 11 is 0. The van der Waals surface area contributed by atoms with Crippen LogP contribution in [0.25, 0.3) is 0 Å². The number of guanidine groups is 1. The topological polar surface area (TPSA) is 86.3 Å². The molecule has 0 radical (unpaired) electrons. The van der Waals surface area contributed by atoms with Crippen molar-refractivity contribution in [1.29, 1.82) is 0 Å². The molecule has 0 saturated carbocycles. The Morgan fingerprint density at radius 3 is 2.44 bits per heavy atom. The molecule has 0 unspecified atom stereocenters. The van der Waals surface area contributed by atoms with Crippen molar-refractivity contribution in [1.82, 2.24) is 20.4 Å². The van der Waals surface area contributed by atoms with Crippen molar-refractivity contribution >= 4 is 39.8 Å². The smallest absolute Gasteiger partial charge is 0.191 e. The quantitative estimate of drug-likeness (QED) is 0.184. The van der Waals surface area contributed by atoms with Gasteiger partial charge in [-0.25, -0.2) is 8.42 Å². The number of aliphatic imine (C=N–C) groups is 1. The van der Waals surface area contributed by atoms with Crippen LogP contribution in [0.1, 0.15) is 6.42 Å². The van der Waals surface area contributed by atoms with E-state index < -0.39 is 9.84 Å². The lowest BCUT2D eigenvalue weighted by atomic mass is 10.4. The number of ether oxygens (including phenoxy) is 1. The number of nitrogens with one attached hydrogen (secondary N) is 2. The van der Waals surface area contributed by atoms with E-state index in [1.54, 1.807) is 14.2 Å². The third kappa shape index (κ3) is 11.9. The molecule has 1 aliphatic rings. The monoisotopic (exact) mass is 491 g/mol. The number of halogens is 1. The number of hydrogen-bond donors (Lipinski definition) is 2. The summed E-state index contributed by atoms with van der Waals surface area (Å²) in [7, 11) is 2.77. The van der Waals surface area contributed by atoms with Gasteiger partial charge in [0.15, 0.2) is 15.8 Å². The molecule has 1 heterocycles. The molecule has 1 rings (SSSR count). The Kier molecular flexibility index (Phi) is 13.9. The minimum Gasteiger partial charge on any atom is -0.385 e.